The third-order valence-corrected chi connectivity index (χ3v) is 7.02. The van der Waals surface area contributed by atoms with Gasteiger partial charge in [-0.1, -0.05) is 6.92 Å². The van der Waals surface area contributed by atoms with Gasteiger partial charge in [-0.25, -0.2) is 13.1 Å². The van der Waals surface area contributed by atoms with Gasteiger partial charge in [0.05, 0.1) is 6.26 Å². The van der Waals surface area contributed by atoms with Crippen molar-refractivity contribution in [2.45, 2.75) is 44.6 Å². The lowest BCUT2D eigenvalue weighted by molar-refractivity contribution is -0.0162. The Hall–Kier alpha value is -0.0900. The Bertz CT molecular complexity index is 488. The molecule has 1 spiro atoms. The Kier molecular flexibility index (Phi) is 1.74. The van der Waals surface area contributed by atoms with E-state index in [1.54, 1.807) is 0 Å². The molecule has 5 fully saturated rings. The highest BCUT2D eigenvalue weighted by Crippen LogP contribution is 2.79. The lowest BCUT2D eigenvalue weighted by Crippen LogP contribution is -2.60. The molecule has 0 aromatic carbocycles. The molecule has 17 heavy (non-hydrogen) atoms. The first-order chi connectivity index (χ1) is 7.84. The van der Waals surface area contributed by atoms with E-state index in [1.165, 1.54) is 19.1 Å². The molecular weight excluding hydrogens is 234 g/mol. The van der Waals surface area contributed by atoms with Crippen LogP contribution in [0.4, 0.5) is 0 Å². The SMILES string of the molecule is CC1[C@H]2C3CC4CC12C[C@](NS(C)(=O)=O)(C4)C3. The van der Waals surface area contributed by atoms with Crippen LogP contribution in [0.25, 0.3) is 0 Å². The van der Waals surface area contributed by atoms with E-state index in [1.807, 2.05) is 0 Å². The van der Waals surface area contributed by atoms with Crippen molar-refractivity contribution in [3.8, 4) is 0 Å². The maximum atomic E-state index is 11.6. The first-order valence-corrected chi connectivity index (χ1v) is 8.72. The average molecular weight is 255 g/mol. The van der Waals surface area contributed by atoms with Crippen LogP contribution in [0.5, 0.6) is 0 Å². The Morgan fingerprint density at radius 2 is 2.00 bits per heavy atom. The number of nitrogens with one attached hydrogen (secondary N) is 1. The molecule has 4 unspecified atom stereocenters. The smallest absolute Gasteiger partial charge is 0.209 e. The van der Waals surface area contributed by atoms with Crippen molar-refractivity contribution in [2.24, 2.45) is 29.1 Å². The molecular formula is C13H21NO2S. The molecule has 5 saturated carbocycles. The second-order valence-corrected chi connectivity index (χ2v) is 9.10. The molecule has 5 aliphatic rings. The van der Waals surface area contributed by atoms with Crippen molar-refractivity contribution < 1.29 is 8.42 Å². The van der Waals surface area contributed by atoms with Gasteiger partial charge in [-0.15, -0.1) is 0 Å². The first-order valence-electron chi connectivity index (χ1n) is 6.83. The standard InChI is InChI=1S/C13H21NO2S/c1-8-11-10-3-9-4-12(6-10,14-17(2,15)16)7-13(8,11)5-9/h8-11,14H,3-7H2,1-2H3/t8?,9?,10?,11-,12-,13?/m0/s1. The van der Waals surface area contributed by atoms with Crippen LogP contribution in [-0.2, 0) is 10.0 Å². The van der Waals surface area contributed by atoms with Gasteiger partial charge >= 0.3 is 0 Å². The van der Waals surface area contributed by atoms with E-state index in [9.17, 15) is 8.42 Å². The summed E-state index contributed by atoms with van der Waals surface area (Å²) in [6, 6.07) is 0. The van der Waals surface area contributed by atoms with Gasteiger partial charge in [0, 0.05) is 5.54 Å². The molecule has 0 aliphatic heterocycles. The van der Waals surface area contributed by atoms with Gasteiger partial charge < -0.3 is 0 Å². The second-order valence-electron chi connectivity index (χ2n) is 7.35. The highest BCUT2D eigenvalue weighted by atomic mass is 32.2. The first kappa shape index (κ1) is 10.8. The number of sulfonamides is 1. The number of hydrogen-bond acceptors (Lipinski definition) is 2. The molecule has 0 saturated heterocycles. The molecule has 4 bridgehead atoms. The number of hydrogen-bond donors (Lipinski definition) is 1. The Morgan fingerprint density at radius 3 is 2.65 bits per heavy atom. The minimum Gasteiger partial charge on any atom is -0.213 e. The average Bonchev–Trinajstić information content (AvgIpc) is 2.64. The monoisotopic (exact) mass is 255 g/mol. The summed E-state index contributed by atoms with van der Waals surface area (Å²) in [5.41, 5.74) is 0.461. The highest BCUT2D eigenvalue weighted by molar-refractivity contribution is 7.88. The summed E-state index contributed by atoms with van der Waals surface area (Å²) in [6.45, 7) is 2.39. The normalized spacial score (nSPS) is 59.2. The van der Waals surface area contributed by atoms with Gasteiger partial charge in [-0.2, -0.15) is 0 Å². The Balaban J connectivity index is 1.72. The van der Waals surface area contributed by atoms with Crippen LogP contribution in [0.2, 0.25) is 0 Å². The Labute approximate surface area is 103 Å². The molecule has 3 nitrogen and oxygen atoms in total. The van der Waals surface area contributed by atoms with E-state index in [4.69, 9.17) is 0 Å². The zero-order chi connectivity index (χ0) is 12.1. The molecule has 5 aliphatic carbocycles. The van der Waals surface area contributed by atoms with Gasteiger partial charge in [0.15, 0.2) is 0 Å². The molecule has 0 radical (unpaired) electrons. The zero-order valence-corrected chi connectivity index (χ0v) is 11.4. The quantitative estimate of drug-likeness (QED) is 0.817. The molecule has 5 rings (SSSR count). The summed E-state index contributed by atoms with van der Waals surface area (Å²) in [7, 11) is -3.06. The fourth-order valence-electron chi connectivity index (χ4n) is 6.27. The molecule has 0 heterocycles. The minimum absolute atomic E-state index is 0.0688. The molecule has 1 N–H and O–H groups in total. The zero-order valence-electron chi connectivity index (χ0n) is 10.6. The predicted molar refractivity (Wildman–Crippen MR) is 65.9 cm³/mol. The molecule has 6 atom stereocenters. The molecule has 4 heteroatoms. The van der Waals surface area contributed by atoms with Crippen LogP contribution in [0.15, 0.2) is 0 Å². The van der Waals surface area contributed by atoms with E-state index >= 15 is 0 Å². The number of rotatable bonds is 2. The van der Waals surface area contributed by atoms with E-state index in [2.05, 4.69) is 11.6 Å². The lowest BCUT2D eigenvalue weighted by atomic mass is 9.53. The lowest BCUT2D eigenvalue weighted by Gasteiger charge is -2.56. The van der Waals surface area contributed by atoms with Crippen molar-refractivity contribution in [2.75, 3.05) is 6.26 Å². The minimum atomic E-state index is -3.06. The summed E-state index contributed by atoms with van der Waals surface area (Å²) < 4.78 is 26.2. The van der Waals surface area contributed by atoms with E-state index in [0.29, 0.717) is 5.41 Å². The van der Waals surface area contributed by atoms with Gasteiger partial charge in [-0.3, -0.25) is 0 Å². The topological polar surface area (TPSA) is 46.2 Å². The third-order valence-electron chi connectivity index (χ3n) is 6.21. The van der Waals surface area contributed by atoms with Gasteiger partial charge in [0.2, 0.25) is 10.0 Å². The fraction of sp³-hybridized carbons (Fsp3) is 1.00. The summed E-state index contributed by atoms with van der Waals surface area (Å²) >= 11 is 0. The largest absolute Gasteiger partial charge is 0.213 e. The van der Waals surface area contributed by atoms with Gasteiger partial charge in [0.1, 0.15) is 0 Å². The van der Waals surface area contributed by atoms with Crippen LogP contribution in [0.3, 0.4) is 0 Å². The van der Waals surface area contributed by atoms with E-state index < -0.39 is 10.0 Å². The summed E-state index contributed by atoms with van der Waals surface area (Å²) in [4.78, 5) is 0. The third kappa shape index (κ3) is 1.29. The Morgan fingerprint density at radius 1 is 1.24 bits per heavy atom. The van der Waals surface area contributed by atoms with Crippen molar-refractivity contribution in [3.05, 3.63) is 0 Å². The van der Waals surface area contributed by atoms with Crippen LogP contribution < -0.4 is 4.72 Å². The van der Waals surface area contributed by atoms with Crippen LogP contribution in [-0.4, -0.2) is 20.2 Å². The van der Waals surface area contributed by atoms with Crippen molar-refractivity contribution in [3.63, 3.8) is 0 Å². The molecule has 0 aromatic heterocycles. The summed E-state index contributed by atoms with van der Waals surface area (Å²) in [6.07, 6.45) is 7.38. The van der Waals surface area contributed by atoms with Crippen LogP contribution in [0.1, 0.15) is 39.0 Å². The van der Waals surface area contributed by atoms with Crippen LogP contribution in [0, 0.1) is 29.1 Å². The molecule has 96 valence electrons. The second kappa shape index (κ2) is 2.74. The van der Waals surface area contributed by atoms with Crippen molar-refractivity contribution in [1.29, 1.82) is 0 Å². The molecule has 0 aromatic rings. The predicted octanol–water partition coefficient (Wildman–Crippen LogP) is 1.75. The van der Waals surface area contributed by atoms with E-state index in [0.717, 1.165) is 42.9 Å². The summed E-state index contributed by atoms with van der Waals surface area (Å²) in [5, 5.41) is 0. The summed E-state index contributed by atoms with van der Waals surface area (Å²) in [5.74, 6) is 3.37. The van der Waals surface area contributed by atoms with Crippen molar-refractivity contribution in [1.82, 2.24) is 4.72 Å². The maximum Gasteiger partial charge on any atom is 0.209 e. The van der Waals surface area contributed by atoms with Gasteiger partial charge in [-0.05, 0) is 61.2 Å². The fourth-order valence-corrected chi connectivity index (χ4v) is 7.30. The van der Waals surface area contributed by atoms with Crippen molar-refractivity contribution >= 4 is 10.0 Å². The van der Waals surface area contributed by atoms with Crippen LogP contribution >= 0.6 is 0 Å². The maximum absolute atomic E-state index is 11.6. The van der Waals surface area contributed by atoms with Gasteiger partial charge in [0.25, 0.3) is 0 Å². The molecule has 0 amide bonds. The van der Waals surface area contributed by atoms with E-state index in [-0.39, 0.29) is 5.54 Å². The highest BCUT2D eigenvalue weighted by Gasteiger charge is 2.74.